The van der Waals surface area contributed by atoms with Gasteiger partial charge in [-0.2, -0.15) is 0 Å². The molecular formula is C18H22ClNO. The maximum absolute atomic E-state index is 6.23. The standard InChI is InChI=1S/C18H22ClNO/c1-5-20-18(14-8-13(3)9-15(19)11-14)16-10-12(2)6-7-17(16)21-4/h6-11,18,20H,5H2,1-4H3. The number of hydrogen-bond acceptors (Lipinski definition) is 2. The molecule has 21 heavy (non-hydrogen) atoms. The summed E-state index contributed by atoms with van der Waals surface area (Å²) in [6.45, 7) is 7.13. The smallest absolute Gasteiger partial charge is 0.123 e. The van der Waals surface area contributed by atoms with Crippen LogP contribution in [0.4, 0.5) is 0 Å². The van der Waals surface area contributed by atoms with E-state index in [1.807, 2.05) is 18.2 Å². The zero-order chi connectivity index (χ0) is 15.4. The van der Waals surface area contributed by atoms with Crippen LogP contribution in [0.25, 0.3) is 0 Å². The Balaban J connectivity index is 2.55. The first-order valence-electron chi connectivity index (χ1n) is 7.20. The minimum absolute atomic E-state index is 0.0715. The quantitative estimate of drug-likeness (QED) is 0.867. The van der Waals surface area contributed by atoms with Crippen molar-refractivity contribution in [3.63, 3.8) is 0 Å². The number of ether oxygens (including phenoxy) is 1. The average molecular weight is 304 g/mol. The van der Waals surface area contributed by atoms with Crippen LogP contribution in [0.1, 0.15) is 35.2 Å². The molecule has 2 aromatic rings. The predicted molar refractivity (Wildman–Crippen MR) is 89.4 cm³/mol. The molecule has 112 valence electrons. The highest BCUT2D eigenvalue weighted by Gasteiger charge is 2.18. The lowest BCUT2D eigenvalue weighted by atomic mass is 9.95. The van der Waals surface area contributed by atoms with Crippen LogP contribution < -0.4 is 10.1 Å². The number of hydrogen-bond donors (Lipinski definition) is 1. The first kappa shape index (κ1) is 15.9. The third kappa shape index (κ3) is 3.78. The van der Waals surface area contributed by atoms with Gasteiger partial charge in [-0.15, -0.1) is 0 Å². The van der Waals surface area contributed by atoms with Gasteiger partial charge >= 0.3 is 0 Å². The summed E-state index contributed by atoms with van der Waals surface area (Å²) in [5.74, 6) is 0.893. The van der Waals surface area contributed by atoms with Gasteiger partial charge in [0.1, 0.15) is 5.75 Å². The minimum Gasteiger partial charge on any atom is -0.496 e. The van der Waals surface area contributed by atoms with E-state index in [9.17, 15) is 0 Å². The minimum atomic E-state index is 0.0715. The van der Waals surface area contributed by atoms with Gasteiger partial charge in [-0.1, -0.05) is 42.3 Å². The SMILES string of the molecule is CCNC(c1cc(C)cc(Cl)c1)c1cc(C)ccc1OC. The number of rotatable bonds is 5. The summed E-state index contributed by atoms with van der Waals surface area (Å²) in [6.07, 6.45) is 0. The second-order valence-corrected chi connectivity index (χ2v) is 5.73. The molecule has 2 nitrogen and oxygen atoms in total. The summed E-state index contributed by atoms with van der Waals surface area (Å²) in [5.41, 5.74) is 4.67. The lowest BCUT2D eigenvalue weighted by Gasteiger charge is -2.22. The van der Waals surface area contributed by atoms with Crippen LogP contribution in [-0.4, -0.2) is 13.7 Å². The van der Waals surface area contributed by atoms with E-state index in [0.717, 1.165) is 34.0 Å². The fourth-order valence-corrected chi connectivity index (χ4v) is 2.92. The van der Waals surface area contributed by atoms with Crippen molar-refractivity contribution in [2.24, 2.45) is 0 Å². The molecule has 0 saturated heterocycles. The Kier molecular flexibility index (Phi) is 5.27. The number of halogens is 1. The Morgan fingerprint density at radius 2 is 1.86 bits per heavy atom. The van der Waals surface area contributed by atoms with Crippen molar-refractivity contribution in [2.45, 2.75) is 26.8 Å². The van der Waals surface area contributed by atoms with Gasteiger partial charge in [-0.25, -0.2) is 0 Å². The first-order chi connectivity index (χ1) is 10.0. The van der Waals surface area contributed by atoms with Crippen LogP contribution >= 0.6 is 11.6 Å². The van der Waals surface area contributed by atoms with Crippen molar-refractivity contribution in [3.8, 4) is 5.75 Å². The Hall–Kier alpha value is -1.51. The largest absolute Gasteiger partial charge is 0.496 e. The second kappa shape index (κ2) is 6.97. The molecule has 2 aromatic carbocycles. The lowest BCUT2D eigenvalue weighted by molar-refractivity contribution is 0.404. The van der Waals surface area contributed by atoms with Crippen LogP contribution in [0.15, 0.2) is 36.4 Å². The number of aryl methyl sites for hydroxylation is 2. The van der Waals surface area contributed by atoms with Crippen LogP contribution in [0, 0.1) is 13.8 Å². The van der Waals surface area contributed by atoms with Crippen molar-refractivity contribution in [1.29, 1.82) is 0 Å². The van der Waals surface area contributed by atoms with Crippen molar-refractivity contribution in [2.75, 3.05) is 13.7 Å². The van der Waals surface area contributed by atoms with Crippen molar-refractivity contribution in [1.82, 2.24) is 5.32 Å². The third-order valence-corrected chi connectivity index (χ3v) is 3.72. The summed E-state index contributed by atoms with van der Waals surface area (Å²) in [6, 6.07) is 12.5. The molecule has 0 spiro atoms. The molecule has 1 atom stereocenters. The molecule has 0 heterocycles. The van der Waals surface area contributed by atoms with Gasteiger partial charge in [0, 0.05) is 10.6 Å². The predicted octanol–water partition coefficient (Wildman–Crippen LogP) is 4.66. The van der Waals surface area contributed by atoms with E-state index in [0.29, 0.717) is 0 Å². The summed E-state index contributed by atoms with van der Waals surface area (Å²) < 4.78 is 5.54. The van der Waals surface area contributed by atoms with Crippen molar-refractivity contribution in [3.05, 3.63) is 63.7 Å². The van der Waals surface area contributed by atoms with E-state index < -0.39 is 0 Å². The van der Waals surface area contributed by atoms with Gasteiger partial charge in [0.15, 0.2) is 0 Å². The van der Waals surface area contributed by atoms with E-state index in [-0.39, 0.29) is 6.04 Å². The molecule has 3 heteroatoms. The van der Waals surface area contributed by atoms with E-state index in [2.05, 4.69) is 44.3 Å². The highest BCUT2D eigenvalue weighted by molar-refractivity contribution is 6.30. The maximum atomic E-state index is 6.23. The maximum Gasteiger partial charge on any atom is 0.123 e. The monoisotopic (exact) mass is 303 g/mol. The van der Waals surface area contributed by atoms with Gasteiger partial charge in [-0.3, -0.25) is 0 Å². The molecule has 0 bridgehead atoms. The molecular weight excluding hydrogens is 282 g/mol. The van der Waals surface area contributed by atoms with Gasteiger partial charge < -0.3 is 10.1 Å². The van der Waals surface area contributed by atoms with E-state index in [1.165, 1.54) is 5.56 Å². The van der Waals surface area contributed by atoms with Crippen LogP contribution in [0.3, 0.4) is 0 Å². The third-order valence-electron chi connectivity index (χ3n) is 3.50. The Morgan fingerprint density at radius 3 is 2.48 bits per heavy atom. The Bertz CT molecular complexity index is 604. The van der Waals surface area contributed by atoms with Gasteiger partial charge in [-0.05, 0) is 49.7 Å². The van der Waals surface area contributed by atoms with Gasteiger partial charge in [0.2, 0.25) is 0 Å². The Labute approximate surface area is 132 Å². The fraction of sp³-hybridized carbons (Fsp3) is 0.333. The summed E-state index contributed by atoms with van der Waals surface area (Å²) >= 11 is 6.23. The highest BCUT2D eigenvalue weighted by atomic mass is 35.5. The number of nitrogens with one attached hydrogen (secondary N) is 1. The molecule has 0 radical (unpaired) electrons. The second-order valence-electron chi connectivity index (χ2n) is 5.30. The Morgan fingerprint density at radius 1 is 1.10 bits per heavy atom. The molecule has 0 saturated carbocycles. The molecule has 0 amide bonds. The molecule has 0 aliphatic heterocycles. The summed E-state index contributed by atoms with van der Waals surface area (Å²) in [5, 5.41) is 4.30. The highest BCUT2D eigenvalue weighted by Crippen LogP contribution is 2.32. The zero-order valence-electron chi connectivity index (χ0n) is 13.0. The van der Waals surface area contributed by atoms with Crippen molar-refractivity contribution < 1.29 is 4.74 Å². The molecule has 0 aliphatic carbocycles. The summed E-state index contributed by atoms with van der Waals surface area (Å²) in [7, 11) is 1.71. The summed E-state index contributed by atoms with van der Waals surface area (Å²) in [4.78, 5) is 0. The zero-order valence-corrected chi connectivity index (χ0v) is 13.8. The normalized spacial score (nSPS) is 12.2. The fourth-order valence-electron chi connectivity index (χ4n) is 2.62. The van der Waals surface area contributed by atoms with Crippen LogP contribution in [0.2, 0.25) is 5.02 Å². The molecule has 2 rings (SSSR count). The van der Waals surface area contributed by atoms with Crippen LogP contribution in [-0.2, 0) is 0 Å². The van der Waals surface area contributed by atoms with Crippen molar-refractivity contribution >= 4 is 11.6 Å². The lowest BCUT2D eigenvalue weighted by Crippen LogP contribution is -2.22. The molecule has 0 fully saturated rings. The number of methoxy groups -OCH3 is 1. The van der Waals surface area contributed by atoms with Crippen LogP contribution in [0.5, 0.6) is 5.75 Å². The van der Waals surface area contributed by atoms with E-state index in [4.69, 9.17) is 16.3 Å². The van der Waals surface area contributed by atoms with E-state index >= 15 is 0 Å². The topological polar surface area (TPSA) is 21.3 Å². The van der Waals surface area contributed by atoms with Gasteiger partial charge in [0.25, 0.3) is 0 Å². The molecule has 0 aliphatic rings. The molecule has 0 aromatic heterocycles. The van der Waals surface area contributed by atoms with Gasteiger partial charge in [0.05, 0.1) is 13.2 Å². The molecule has 1 N–H and O–H groups in total. The average Bonchev–Trinajstić information content (AvgIpc) is 2.43. The van der Waals surface area contributed by atoms with E-state index in [1.54, 1.807) is 7.11 Å². The first-order valence-corrected chi connectivity index (χ1v) is 7.58. The molecule has 1 unspecified atom stereocenters. The number of benzene rings is 2.